The number of amides is 3. The third kappa shape index (κ3) is 9.30. The average Bonchev–Trinajstić information content (AvgIpc) is 2.72. The maximum absolute atomic E-state index is 13.7. The highest BCUT2D eigenvalue weighted by atomic mass is 16.6. The Kier molecular flexibility index (Phi) is 11.4. The number of phenols is 1. The maximum atomic E-state index is 13.7. The smallest absolute Gasteiger partial charge is 0.408 e. The summed E-state index contributed by atoms with van der Waals surface area (Å²) in [6.45, 7) is 10.9. The highest BCUT2D eigenvalue weighted by Gasteiger charge is 2.37. The van der Waals surface area contributed by atoms with E-state index >= 15 is 0 Å². The van der Waals surface area contributed by atoms with Crippen molar-refractivity contribution in [3.05, 3.63) is 29.8 Å². The van der Waals surface area contributed by atoms with Crippen LogP contribution in [0.5, 0.6) is 5.75 Å². The van der Waals surface area contributed by atoms with Gasteiger partial charge in [-0.1, -0.05) is 45.4 Å². The zero-order chi connectivity index (χ0) is 25.9. The molecule has 9 nitrogen and oxygen atoms in total. The lowest BCUT2D eigenvalue weighted by molar-refractivity contribution is -0.142. The van der Waals surface area contributed by atoms with Crippen molar-refractivity contribution in [2.75, 3.05) is 13.1 Å². The number of para-hydroxylation sites is 1. The summed E-state index contributed by atoms with van der Waals surface area (Å²) < 4.78 is 5.31. The number of ether oxygens (including phenoxy) is 1. The van der Waals surface area contributed by atoms with Gasteiger partial charge in [0.1, 0.15) is 30.0 Å². The summed E-state index contributed by atoms with van der Waals surface area (Å²) in [5, 5.41) is 25.4. The lowest BCUT2D eigenvalue weighted by Crippen LogP contribution is -2.53. The number of aromatic hydroxyl groups is 1. The van der Waals surface area contributed by atoms with Crippen LogP contribution in [0.3, 0.4) is 0 Å². The summed E-state index contributed by atoms with van der Waals surface area (Å²) >= 11 is 0. The van der Waals surface area contributed by atoms with Crippen molar-refractivity contribution in [1.82, 2.24) is 15.5 Å². The van der Waals surface area contributed by atoms with E-state index < -0.39 is 42.1 Å². The molecule has 1 aromatic rings. The molecule has 3 amide bonds. The number of nitrogens with one attached hydrogen (secondary N) is 2. The molecule has 0 saturated heterocycles. The second-order valence-corrected chi connectivity index (χ2v) is 9.56. The Labute approximate surface area is 202 Å². The number of phenolic OH excluding ortho intramolecular Hbond substituents is 1. The van der Waals surface area contributed by atoms with Gasteiger partial charge in [-0.3, -0.25) is 9.59 Å². The van der Waals surface area contributed by atoms with Crippen LogP contribution >= 0.6 is 0 Å². The largest absolute Gasteiger partial charge is 0.508 e. The van der Waals surface area contributed by atoms with E-state index in [1.54, 1.807) is 32.9 Å². The van der Waals surface area contributed by atoms with E-state index in [-0.39, 0.29) is 23.7 Å². The molecule has 1 aromatic carbocycles. The molecule has 0 spiro atoms. The quantitative estimate of drug-likeness (QED) is 0.331. The van der Waals surface area contributed by atoms with Gasteiger partial charge in [0.25, 0.3) is 0 Å². The number of rotatable bonds is 11. The van der Waals surface area contributed by atoms with E-state index in [0.29, 0.717) is 6.54 Å². The van der Waals surface area contributed by atoms with E-state index in [4.69, 9.17) is 4.74 Å². The molecular formula is C25H38N4O5. The summed E-state index contributed by atoms with van der Waals surface area (Å²) in [5.41, 5.74) is -0.569. The molecule has 9 heteroatoms. The Hall–Kier alpha value is -3.28. The number of nitriles is 1. The molecule has 188 valence electrons. The fourth-order valence-corrected chi connectivity index (χ4v) is 3.37. The highest BCUT2D eigenvalue weighted by Crippen LogP contribution is 2.30. The molecule has 34 heavy (non-hydrogen) atoms. The second-order valence-electron chi connectivity index (χ2n) is 9.56. The zero-order valence-electron chi connectivity index (χ0n) is 21.1. The van der Waals surface area contributed by atoms with Crippen LogP contribution in [0.25, 0.3) is 0 Å². The average molecular weight is 475 g/mol. The molecule has 0 saturated carbocycles. The van der Waals surface area contributed by atoms with E-state index in [0.717, 1.165) is 17.7 Å². The molecule has 0 bridgehead atoms. The summed E-state index contributed by atoms with van der Waals surface area (Å²) in [7, 11) is 0. The van der Waals surface area contributed by atoms with Gasteiger partial charge in [-0.2, -0.15) is 5.26 Å². The van der Waals surface area contributed by atoms with Crippen LogP contribution in [0, 0.1) is 17.2 Å². The minimum Gasteiger partial charge on any atom is -0.508 e. The van der Waals surface area contributed by atoms with Gasteiger partial charge in [-0.15, -0.1) is 0 Å². The van der Waals surface area contributed by atoms with Gasteiger partial charge in [0, 0.05) is 12.1 Å². The third-order valence-corrected chi connectivity index (χ3v) is 4.84. The van der Waals surface area contributed by atoms with E-state index in [1.807, 2.05) is 26.8 Å². The molecule has 0 fully saturated rings. The number of hydrogen-bond acceptors (Lipinski definition) is 6. The molecule has 3 N–H and O–H groups in total. The summed E-state index contributed by atoms with van der Waals surface area (Å²) in [6, 6.07) is 5.86. The lowest BCUT2D eigenvalue weighted by Gasteiger charge is -2.33. The number of benzene rings is 1. The Morgan fingerprint density at radius 2 is 1.85 bits per heavy atom. The topological polar surface area (TPSA) is 132 Å². The molecule has 0 aliphatic heterocycles. The van der Waals surface area contributed by atoms with Crippen molar-refractivity contribution in [2.24, 2.45) is 5.92 Å². The molecule has 0 aliphatic carbocycles. The number of nitrogens with zero attached hydrogens (tertiary/aromatic N) is 2. The van der Waals surface area contributed by atoms with Gasteiger partial charge >= 0.3 is 6.09 Å². The van der Waals surface area contributed by atoms with Crippen molar-refractivity contribution in [1.29, 1.82) is 5.26 Å². The maximum Gasteiger partial charge on any atom is 0.408 e. The number of carbonyl (C=O) groups excluding carboxylic acids is 3. The first-order valence-electron chi connectivity index (χ1n) is 11.6. The van der Waals surface area contributed by atoms with Gasteiger partial charge < -0.3 is 25.4 Å². The fraction of sp³-hybridized carbons (Fsp3) is 0.600. The summed E-state index contributed by atoms with van der Waals surface area (Å²) in [4.78, 5) is 40.4. The van der Waals surface area contributed by atoms with Crippen LogP contribution in [-0.4, -0.2) is 52.6 Å². The Morgan fingerprint density at radius 1 is 1.21 bits per heavy atom. The molecule has 1 rings (SSSR count). The van der Waals surface area contributed by atoms with Crippen molar-refractivity contribution >= 4 is 17.9 Å². The molecule has 0 radical (unpaired) electrons. The zero-order valence-corrected chi connectivity index (χ0v) is 21.1. The van der Waals surface area contributed by atoms with Crippen LogP contribution in [-0.2, 0) is 14.3 Å². The van der Waals surface area contributed by atoms with Gasteiger partial charge in [0.15, 0.2) is 0 Å². The molecule has 2 atom stereocenters. The predicted octanol–water partition coefficient (Wildman–Crippen LogP) is 3.64. The predicted molar refractivity (Wildman–Crippen MR) is 129 cm³/mol. The fourth-order valence-electron chi connectivity index (χ4n) is 3.37. The second kappa shape index (κ2) is 13.4. The number of unbranched alkanes of at least 4 members (excludes halogenated alkanes) is 1. The normalized spacial score (nSPS) is 12.9. The number of carbonyl (C=O) groups is 3. The molecule has 0 aromatic heterocycles. The third-order valence-electron chi connectivity index (χ3n) is 4.84. The van der Waals surface area contributed by atoms with Crippen LogP contribution in [0.4, 0.5) is 4.79 Å². The number of alkyl carbamates (subject to hydrolysis) is 1. The van der Waals surface area contributed by atoms with Gasteiger partial charge in [0.2, 0.25) is 11.8 Å². The first-order valence-corrected chi connectivity index (χ1v) is 11.6. The van der Waals surface area contributed by atoms with Gasteiger partial charge in [-0.05, 0) is 45.6 Å². The van der Waals surface area contributed by atoms with E-state index in [2.05, 4.69) is 10.6 Å². The Morgan fingerprint density at radius 3 is 2.38 bits per heavy atom. The van der Waals surface area contributed by atoms with Crippen molar-refractivity contribution < 1.29 is 24.2 Å². The van der Waals surface area contributed by atoms with Crippen LogP contribution < -0.4 is 10.6 Å². The van der Waals surface area contributed by atoms with Gasteiger partial charge in [-0.25, -0.2) is 4.79 Å². The summed E-state index contributed by atoms with van der Waals surface area (Å²) in [5.74, 6) is -1.27. The van der Waals surface area contributed by atoms with Crippen molar-refractivity contribution in [3.63, 3.8) is 0 Å². The van der Waals surface area contributed by atoms with Crippen molar-refractivity contribution in [3.8, 4) is 11.8 Å². The highest BCUT2D eigenvalue weighted by molar-refractivity contribution is 5.92. The summed E-state index contributed by atoms with van der Waals surface area (Å²) in [6.07, 6.45) is 1.10. The molecule has 2 unspecified atom stereocenters. The monoisotopic (exact) mass is 474 g/mol. The molecule has 0 aliphatic rings. The van der Waals surface area contributed by atoms with E-state index in [1.165, 1.54) is 12.1 Å². The standard InChI is InChI=1S/C25H38N4O5/c1-7-8-14-27-22(31)21(18-11-9-10-12-20(18)30)29(15-13-26)23(32)19(16-17(2)3)28-24(33)34-25(4,5)6/h9-12,17,19,21,30H,7-8,14-16H2,1-6H3,(H,27,31)(H,28,33). The first-order chi connectivity index (χ1) is 15.9. The van der Waals surface area contributed by atoms with Crippen LogP contribution in [0.1, 0.15) is 72.4 Å². The SMILES string of the molecule is CCCCNC(=O)C(c1ccccc1O)N(CC#N)C(=O)C(CC(C)C)NC(=O)OC(C)(C)C. The Balaban J connectivity index is 3.40. The minimum atomic E-state index is -1.25. The molecule has 0 heterocycles. The lowest BCUT2D eigenvalue weighted by atomic mass is 9.98. The Bertz CT molecular complexity index is 873. The minimum absolute atomic E-state index is 0.0229. The van der Waals surface area contributed by atoms with Crippen LogP contribution in [0.2, 0.25) is 0 Å². The van der Waals surface area contributed by atoms with Crippen LogP contribution in [0.15, 0.2) is 24.3 Å². The number of hydrogen-bond donors (Lipinski definition) is 3. The first kappa shape index (κ1) is 28.8. The van der Waals surface area contributed by atoms with Gasteiger partial charge in [0.05, 0.1) is 6.07 Å². The van der Waals surface area contributed by atoms with E-state index in [9.17, 15) is 24.8 Å². The van der Waals surface area contributed by atoms with Crippen molar-refractivity contribution in [2.45, 2.75) is 78.5 Å². The molecular weight excluding hydrogens is 436 g/mol.